The Kier molecular flexibility index (Phi) is 4.65. The Balaban J connectivity index is 2.57. The van der Waals surface area contributed by atoms with Gasteiger partial charge in [-0.05, 0) is 48.8 Å². The van der Waals surface area contributed by atoms with E-state index >= 15 is 0 Å². The number of pyridine rings is 1. The average molecular weight is 301 g/mol. The molecule has 1 aromatic rings. The molecule has 1 rings (SSSR count). The number of nitrogens with two attached hydrogens (primary N) is 1. The van der Waals surface area contributed by atoms with Crippen LogP contribution in [0.1, 0.15) is 26.5 Å². The number of carbonyl (C=O) groups excluding carboxylic acids is 1. The minimum atomic E-state index is -0.678. The standard InChI is InChI=1S/C12H17BrN2O2/c1-12(2,3)17-11(16)10(14)6-9-5-4-8(13)7-15-9/h4-5,7,10H,6,14H2,1-3H3/t10-/m0/s1. The minimum absolute atomic E-state index is 0.377. The van der Waals surface area contributed by atoms with E-state index in [1.165, 1.54) is 0 Å². The molecule has 1 aromatic heterocycles. The number of esters is 1. The first kappa shape index (κ1) is 14.1. The molecule has 0 aliphatic heterocycles. The first-order chi connectivity index (χ1) is 7.78. The highest BCUT2D eigenvalue weighted by atomic mass is 79.9. The summed E-state index contributed by atoms with van der Waals surface area (Å²) < 4.78 is 6.09. The third kappa shape index (κ3) is 5.28. The summed E-state index contributed by atoms with van der Waals surface area (Å²) in [5.41, 5.74) is 6.03. The van der Waals surface area contributed by atoms with E-state index < -0.39 is 17.6 Å². The first-order valence-corrected chi connectivity index (χ1v) is 6.16. The molecule has 0 aromatic carbocycles. The van der Waals surface area contributed by atoms with Crippen molar-refractivity contribution < 1.29 is 9.53 Å². The lowest BCUT2D eigenvalue weighted by atomic mass is 10.1. The molecule has 1 atom stereocenters. The molecule has 0 unspecified atom stereocenters. The molecule has 0 radical (unpaired) electrons. The number of nitrogens with zero attached hydrogens (tertiary/aromatic N) is 1. The Bertz CT molecular complexity index is 384. The molecule has 0 aliphatic rings. The summed E-state index contributed by atoms with van der Waals surface area (Å²) in [6.45, 7) is 5.44. The van der Waals surface area contributed by atoms with Crippen LogP contribution < -0.4 is 5.73 Å². The van der Waals surface area contributed by atoms with Gasteiger partial charge in [0.15, 0.2) is 0 Å². The zero-order valence-corrected chi connectivity index (χ0v) is 11.8. The van der Waals surface area contributed by atoms with Crippen molar-refractivity contribution in [1.82, 2.24) is 4.98 Å². The van der Waals surface area contributed by atoms with Gasteiger partial charge in [0.05, 0.1) is 0 Å². The van der Waals surface area contributed by atoms with E-state index in [0.29, 0.717) is 6.42 Å². The summed E-state index contributed by atoms with van der Waals surface area (Å²) in [4.78, 5) is 15.8. The number of halogens is 1. The maximum Gasteiger partial charge on any atom is 0.323 e. The molecule has 1 heterocycles. The lowest BCUT2D eigenvalue weighted by Crippen LogP contribution is -2.39. The molecule has 0 saturated heterocycles. The fourth-order valence-electron chi connectivity index (χ4n) is 1.21. The van der Waals surface area contributed by atoms with Gasteiger partial charge >= 0.3 is 5.97 Å². The van der Waals surface area contributed by atoms with Crippen molar-refractivity contribution in [2.75, 3.05) is 0 Å². The van der Waals surface area contributed by atoms with Gasteiger partial charge in [0, 0.05) is 22.8 Å². The maximum absolute atomic E-state index is 11.6. The fourth-order valence-corrected chi connectivity index (χ4v) is 1.45. The Morgan fingerprint density at radius 3 is 2.65 bits per heavy atom. The van der Waals surface area contributed by atoms with Crippen LogP contribution in [0.5, 0.6) is 0 Å². The van der Waals surface area contributed by atoms with Crippen LogP contribution in [0.15, 0.2) is 22.8 Å². The van der Waals surface area contributed by atoms with Gasteiger partial charge in [-0.15, -0.1) is 0 Å². The van der Waals surface area contributed by atoms with Gasteiger partial charge in [-0.25, -0.2) is 0 Å². The van der Waals surface area contributed by atoms with Crippen LogP contribution >= 0.6 is 15.9 Å². The molecule has 0 bridgehead atoms. The second-order valence-electron chi connectivity index (χ2n) is 4.81. The van der Waals surface area contributed by atoms with Crippen molar-refractivity contribution in [1.29, 1.82) is 0 Å². The smallest absolute Gasteiger partial charge is 0.323 e. The number of hydrogen-bond acceptors (Lipinski definition) is 4. The SMILES string of the molecule is CC(C)(C)OC(=O)[C@@H](N)Cc1ccc(Br)cn1. The Labute approximate surface area is 110 Å². The van der Waals surface area contributed by atoms with E-state index in [2.05, 4.69) is 20.9 Å². The Hall–Kier alpha value is -0.940. The number of rotatable bonds is 3. The third-order valence-electron chi connectivity index (χ3n) is 1.93. The molecule has 0 saturated carbocycles. The van der Waals surface area contributed by atoms with Gasteiger partial charge in [-0.1, -0.05) is 0 Å². The van der Waals surface area contributed by atoms with Gasteiger partial charge in [0.25, 0.3) is 0 Å². The lowest BCUT2D eigenvalue weighted by molar-refractivity contribution is -0.156. The lowest BCUT2D eigenvalue weighted by Gasteiger charge is -2.22. The summed E-state index contributed by atoms with van der Waals surface area (Å²) in [6, 6.07) is 3.02. The second kappa shape index (κ2) is 5.60. The summed E-state index contributed by atoms with van der Waals surface area (Å²) in [6.07, 6.45) is 2.05. The molecular formula is C12H17BrN2O2. The van der Waals surface area contributed by atoms with Crippen LogP contribution in [0.3, 0.4) is 0 Å². The molecular weight excluding hydrogens is 284 g/mol. The van der Waals surface area contributed by atoms with Crippen molar-refractivity contribution in [3.63, 3.8) is 0 Å². The van der Waals surface area contributed by atoms with Crippen LogP contribution in [0, 0.1) is 0 Å². The van der Waals surface area contributed by atoms with E-state index in [-0.39, 0.29) is 0 Å². The zero-order chi connectivity index (χ0) is 13.1. The number of ether oxygens (including phenoxy) is 1. The molecule has 0 spiro atoms. The van der Waals surface area contributed by atoms with Crippen LogP contribution in [-0.2, 0) is 16.0 Å². The molecule has 2 N–H and O–H groups in total. The van der Waals surface area contributed by atoms with E-state index in [9.17, 15) is 4.79 Å². The second-order valence-corrected chi connectivity index (χ2v) is 5.73. The van der Waals surface area contributed by atoms with Gasteiger partial charge in [-0.3, -0.25) is 9.78 Å². The van der Waals surface area contributed by atoms with E-state index in [0.717, 1.165) is 10.2 Å². The summed E-state index contributed by atoms with van der Waals surface area (Å²) in [7, 11) is 0. The van der Waals surface area contributed by atoms with Crippen molar-refractivity contribution in [2.24, 2.45) is 5.73 Å². The predicted molar refractivity (Wildman–Crippen MR) is 69.5 cm³/mol. The van der Waals surface area contributed by atoms with Gasteiger partial charge in [0.2, 0.25) is 0 Å². The normalized spacial score (nSPS) is 13.2. The average Bonchev–Trinajstić information content (AvgIpc) is 2.19. The number of carbonyl (C=O) groups is 1. The van der Waals surface area contributed by atoms with Crippen molar-refractivity contribution in [3.05, 3.63) is 28.5 Å². The largest absolute Gasteiger partial charge is 0.459 e. The monoisotopic (exact) mass is 300 g/mol. The molecule has 94 valence electrons. The Morgan fingerprint density at radius 2 is 2.18 bits per heavy atom. The highest BCUT2D eigenvalue weighted by Crippen LogP contribution is 2.11. The molecule has 5 heteroatoms. The first-order valence-electron chi connectivity index (χ1n) is 5.37. The minimum Gasteiger partial charge on any atom is -0.459 e. The quantitative estimate of drug-likeness (QED) is 0.868. The van der Waals surface area contributed by atoms with E-state index in [1.54, 1.807) is 6.20 Å². The highest BCUT2D eigenvalue weighted by molar-refractivity contribution is 9.10. The van der Waals surface area contributed by atoms with Crippen LogP contribution in [-0.4, -0.2) is 22.6 Å². The van der Waals surface area contributed by atoms with Gasteiger partial charge in [-0.2, -0.15) is 0 Å². The van der Waals surface area contributed by atoms with Gasteiger partial charge < -0.3 is 10.5 Å². The Morgan fingerprint density at radius 1 is 1.53 bits per heavy atom. The molecule has 0 fully saturated rings. The summed E-state index contributed by atoms with van der Waals surface area (Å²) >= 11 is 3.29. The predicted octanol–water partition coefficient (Wildman–Crippen LogP) is 2.06. The zero-order valence-electron chi connectivity index (χ0n) is 10.2. The number of hydrogen-bond donors (Lipinski definition) is 1. The maximum atomic E-state index is 11.6. The molecule has 0 amide bonds. The fraction of sp³-hybridized carbons (Fsp3) is 0.500. The van der Waals surface area contributed by atoms with Crippen LogP contribution in [0.4, 0.5) is 0 Å². The van der Waals surface area contributed by atoms with E-state index in [1.807, 2.05) is 32.9 Å². The van der Waals surface area contributed by atoms with Crippen molar-refractivity contribution in [3.8, 4) is 0 Å². The third-order valence-corrected chi connectivity index (χ3v) is 2.40. The summed E-state index contributed by atoms with van der Waals surface area (Å²) in [5.74, 6) is -0.401. The summed E-state index contributed by atoms with van der Waals surface area (Å²) in [5, 5.41) is 0. The van der Waals surface area contributed by atoms with Crippen LogP contribution in [0.2, 0.25) is 0 Å². The van der Waals surface area contributed by atoms with Crippen molar-refractivity contribution in [2.45, 2.75) is 38.8 Å². The topological polar surface area (TPSA) is 65.2 Å². The van der Waals surface area contributed by atoms with Crippen molar-refractivity contribution >= 4 is 21.9 Å². The van der Waals surface area contributed by atoms with Gasteiger partial charge in [0.1, 0.15) is 11.6 Å². The highest BCUT2D eigenvalue weighted by Gasteiger charge is 2.22. The number of aromatic nitrogens is 1. The molecule has 0 aliphatic carbocycles. The van der Waals surface area contributed by atoms with E-state index in [4.69, 9.17) is 10.5 Å². The molecule has 4 nitrogen and oxygen atoms in total. The molecule has 17 heavy (non-hydrogen) atoms. The van der Waals surface area contributed by atoms with Crippen LogP contribution in [0.25, 0.3) is 0 Å².